The Morgan fingerprint density at radius 1 is 1.32 bits per heavy atom. The lowest BCUT2D eigenvalue weighted by Crippen LogP contribution is -2.53. The van der Waals surface area contributed by atoms with Gasteiger partial charge in [0.1, 0.15) is 0 Å². The SMILES string of the molecule is CCCn1nncc1C(N)C(C)(CC)N(CC)CC. The molecule has 0 saturated carbocycles. The van der Waals surface area contributed by atoms with Gasteiger partial charge in [-0.2, -0.15) is 0 Å². The predicted molar refractivity (Wildman–Crippen MR) is 78.9 cm³/mol. The summed E-state index contributed by atoms with van der Waals surface area (Å²) >= 11 is 0. The third-order valence-electron chi connectivity index (χ3n) is 4.27. The molecule has 5 heteroatoms. The van der Waals surface area contributed by atoms with Crippen molar-refractivity contribution in [2.24, 2.45) is 5.73 Å². The molecule has 0 fully saturated rings. The summed E-state index contributed by atoms with van der Waals surface area (Å²) < 4.78 is 1.95. The summed E-state index contributed by atoms with van der Waals surface area (Å²) in [5.74, 6) is 0. The average molecular weight is 267 g/mol. The second-order valence-corrected chi connectivity index (χ2v) is 5.24. The molecule has 110 valence electrons. The van der Waals surface area contributed by atoms with Gasteiger partial charge in [-0.05, 0) is 32.9 Å². The van der Waals surface area contributed by atoms with E-state index >= 15 is 0 Å². The van der Waals surface area contributed by atoms with E-state index in [1.54, 1.807) is 0 Å². The summed E-state index contributed by atoms with van der Waals surface area (Å²) in [4.78, 5) is 2.43. The number of nitrogens with zero attached hydrogens (tertiary/aromatic N) is 4. The maximum atomic E-state index is 6.57. The molecule has 0 spiro atoms. The van der Waals surface area contributed by atoms with Gasteiger partial charge in [0, 0.05) is 12.1 Å². The predicted octanol–water partition coefficient (Wildman–Crippen LogP) is 2.20. The van der Waals surface area contributed by atoms with Gasteiger partial charge in [0.05, 0.1) is 17.9 Å². The van der Waals surface area contributed by atoms with Gasteiger partial charge in [-0.1, -0.05) is 32.9 Å². The fourth-order valence-electron chi connectivity index (χ4n) is 2.80. The van der Waals surface area contributed by atoms with E-state index in [-0.39, 0.29) is 11.6 Å². The van der Waals surface area contributed by atoms with Crippen molar-refractivity contribution in [2.45, 2.75) is 65.6 Å². The number of aryl methyl sites for hydroxylation is 1. The molecule has 0 amide bonds. The molecule has 0 saturated heterocycles. The summed E-state index contributed by atoms with van der Waals surface area (Å²) in [6.07, 6.45) is 3.86. The van der Waals surface area contributed by atoms with E-state index in [1.165, 1.54) is 0 Å². The van der Waals surface area contributed by atoms with Gasteiger partial charge >= 0.3 is 0 Å². The highest BCUT2D eigenvalue weighted by molar-refractivity contribution is 5.11. The lowest BCUT2D eigenvalue weighted by molar-refractivity contribution is 0.0813. The van der Waals surface area contributed by atoms with Gasteiger partial charge in [-0.25, -0.2) is 4.68 Å². The van der Waals surface area contributed by atoms with E-state index in [0.717, 1.165) is 38.2 Å². The minimum Gasteiger partial charge on any atom is -0.321 e. The summed E-state index contributed by atoms with van der Waals surface area (Å²) in [5, 5.41) is 8.19. The van der Waals surface area contributed by atoms with E-state index in [2.05, 4.69) is 49.8 Å². The third-order valence-corrected chi connectivity index (χ3v) is 4.27. The number of nitrogens with two attached hydrogens (primary N) is 1. The molecular weight excluding hydrogens is 238 g/mol. The molecular formula is C14H29N5. The van der Waals surface area contributed by atoms with Crippen LogP contribution in [0.2, 0.25) is 0 Å². The molecule has 0 aliphatic heterocycles. The molecule has 0 bridgehead atoms. The van der Waals surface area contributed by atoms with Crippen LogP contribution >= 0.6 is 0 Å². The first-order valence-corrected chi connectivity index (χ1v) is 7.44. The summed E-state index contributed by atoms with van der Waals surface area (Å²) in [7, 11) is 0. The molecule has 19 heavy (non-hydrogen) atoms. The summed E-state index contributed by atoms with van der Waals surface area (Å²) in [6.45, 7) is 13.8. The highest BCUT2D eigenvalue weighted by Crippen LogP contribution is 2.31. The van der Waals surface area contributed by atoms with Gasteiger partial charge in [-0.15, -0.1) is 5.10 Å². The number of rotatable bonds is 8. The Hall–Kier alpha value is -0.940. The van der Waals surface area contributed by atoms with Crippen LogP contribution in [0.5, 0.6) is 0 Å². The average Bonchev–Trinajstić information content (AvgIpc) is 2.87. The maximum absolute atomic E-state index is 6.57. The quantitative estimate of drug-likeness (QED) is 0.784. The van der Waals surface area contributed by atoms with Crippen LogP contribution in [-0.2, 0) is 6.54 Å². The molecule has 2 unspecified atom stereocenters. The Morgan fingerprint density at radius 2 is 1.95 bits per heavy atom. The van der Waals surface area contributed by atoms with E-state index in [0.29, 0.717) is 0 Å². The Balaban J connectivity index is 3.06. The molecule has 5 nitrogen and oxygen atoms in total. The first-order chi connectivity index (χ1) is 9.04. The van der Waals surface area contributed by atoms with E-state index in [1.807, 2.05) is 10.9 Å². The highest BCUT2D eigenvalue weighted by Gasteiger charge is 2.37. The van der Waals surface area contributed by atoms with Crippen LogP contribution < -0.4 is 5.73 Å². The van der Waals surface area contributed by atoms with E-state index in [4.69, 9.17) is 5.73 Å². The van der Waals surface area contributed by atoms with Crippen molar-refractivity contribution < 1.29 is 0 Å². The molecule has 0 aliphatic rings. The van der Waals surface area contributed by atoms with Gasteiger partial charge in [-0.3, -0.25) is 4.90 Å². The number of hydrogen-bond donors (Lipinski definition) is 1. The number of aromatic nitrogens is 3. The molecule has 0 radical (unpaired) electrons. The summed E-state index contributed by atoms with van der Waals surface area (Å²) in [5.41, 5.74) is 7.55. The molecule has 1 rings (SSSR count). The van der Waals surface area contributed by atoms with Crippen molar-refractivity contribution in [3.05, 3.63) is 11.9 Å². The molecule has 2 atom stereocenters. The maximum Gasteiger partial charge on any atom is 0.0773 e. The van der Waals surface area contributed by atoms with Crippen molar-refractivity contribution >= 4 is 0 Å². The van der Waals surface area contributed by atoms with Gasteiger partial charge in [0.25, 0.3) is 0 Å². The van der Waals surface area contributed by atoms with Gasteiger partial charge < -0.3 is 5.73 Å². The number of hydrogen-bond acceptors (Lipinski definition) is 4. The molecule has 1 aromatic heterocycles. The van der Waals surface area contributed by atoms with Crippen molar-refractivity contribution in [3.8, 4) is 0 Å². The zero-order valence-electron chi connectivity index (χ0n) is 13.1. The number of likely N-dealkylation sites (N-methyl/N-ethyl adjacent to an activating group) is 1. The highest BCUT2D eigenvalue weighted by atomic mass is 15.4. The van der Waals surface area contributed by atoms with Crippen LogP contribution in [0, 0.1) is 0 Å². The van der Waals surface area contributed by atoms with E-state index in [9.17, 15) is 0 Å². The molecule has 0 aromatic carbocycles. The van der Waals surface area contributed by atoms with Gasteiger partial charge in [0.2, 0.25) is 0 Å². The lowest BCUT2D eigenvalue weighted by Gasteiger charge is -2.44. The Morgan fingerprint density at radius 3 is 2.42 bits per heavy atom. The van der Waals surface area contributed by atoms with Crippen LogP contribution in [0.1, 0.15) is 59.2 Å². The minimum absolute atomic E-state index is 0.0588. The van der Waals surface area contributed by atoms with E-state index < -0.39 is 0 Å². The van der Waals surface area contributed by atoms with Gasteiger partial charge in [0.15, 0.2) is 0 Å². The topological polar surface area (TPSA) is 60.0 Å². The van der Waals surface area contributed by atoms with Crippen LogP contribution in [0.15, 0.2) is 6.20 Å². The molecule has 2 N–H and O–H groups in total. The first-order valence-electron chi connectivity index (χ1n) is 7.44. The van der Waals surface area contributed by atoms with Crippen LogP contribution in [0.3, 0.4) is 0 Å². The van der Waals surface area contributed by atoms with Crippen molar-refractivity contribution in [1.82, 2.24) is 19.9 Å². The Labute approximate surface area is 117 Å². The fourth-order valence-corrected chi connectivity index (χ4v) is 2.80. The smallest absolute Gasteiger partial charge is 0.0773 e. The normalized spacial score (nSPS) is 16.6. The molecule has 1 aromatic rings. The van der Waals surface area contributed by atoms with Crippen molar-refractivity contribution in [3.63, 3.8) is 0 Å². The zero-order chi connectivity index (χ0) is 14.5. The lowest BCUT2D eigenvalue weighted by atomic mass is 9.85. The Bertz CT molecular complexity index is 372. The second kappa shape index (κ2) is 7.01. The third kappa shape index (κ3) is 3.15. The Kier molecular flexibility index (Phi) is 5.94. The fraction of sp³-hybridized carbons (Fsp3) is 0.857. The molecule has 0 aliphatic carbocycles. The zero-order valence-corrected chi connectivity index (χ0v) is 13.1. The van der Waals surface area contributed by atoms with Crippen LogP contribution in [0.4, 0.5) is 0 Å². The monoisotopic (exact) mass is 267 g/mol. The van der Waals surface area contributed by atoms with Crippen LogP contribution in [-0.4, -0.2) is 38.5 Å². The second-order valence-electron chi connectivity index (χ2n) is 5.24. The largest absolute Gasteiger partial charge is 0.321 e. The standard InChI is InChI=1S/C14H29N5/c1-6-10-19-12(11-16-17-19)13(15)14(5,7-2)18(8-3)9-4/h11,13H,6-10,15H2,1-5H3. The van der Waals surface area contributed by atoms with Crippen molar-refractivity contribution in [1.29, 1.82) is 0 Å². The van der Waals surface area contributed by atoms with Crippen LogP contribution in [0.25, 0.3) is 0 Å². The summed E-state index contributed by atoms with van der Waals surface area (Å²) in [6, 6.07) is -0.0704. The first kappa shape index (κ1) is 16.1. The van der Waals surface area contributed by atoms with Crippen molar-refractivity contribution in [2.75, 3.05) is 13.1 Å². The minimum atomic E-state index is -0.0704. The molecule has 1 heterocycles.